The van der Waals surface area contributed by atoms with E-state index in [9.17, 15) is 4.79 Å². The second-order valence-electron chi connectivity index (χ2n) is 7.72. The molecule has 166 valence electrons. The Bertz CT molecular complexity index is 1700. The van der Waals surface area contributed by atoms with Gasteiger partial charge in [-0.05, 0) is 35.4 Å². The standard InChI is InChI=1S/C25H18N6O3/c26-23-18(16-5-2-6-20-19(16)11-30-31-20)10-17(24-22(23)25(32)29-13-28-24)14-3-1-4-15(9-14)34-12-21-27-7-8-33-21/h1-11,13H,12,26H2,(H,30,31)(H,28,29,32). The number of hydrogen-bond donors (Lipinski definition) is 3. The second-order valence-corrected chi connectivity index (χ2v) is 7.72. The molecule has 0 saturated carbocycles. The number of nitrogens with one attached hydrogen (secondary N) is 2. The summed E-state index contributed by atoms with van der Waals surface area (Å²) in [6, 6.07) is 15.3. The summed E-state index contributed by atoms with van der Waals surface area (Å²) in [5, 5.41) is 8.37. The number of ether oxygens (including phenoxy) is 1. The zero-order valence-corrected chi connectivity index (χ0v) is 17.8. The van der Waals surface area contributed by atoms with Gasteiger partial charge < -0.3 is 19.9 Å². The van der Waals surface area contributed by atoms with Crippen LogP contribution in [-0.4, -0.2) is 25.1 Å². The molecule has 9 nitrogen and oxygen atoms in total. The van der Waals surface area contributed by atoms with Crippen LogP contribution in [0.1, 0.15) is 5.89 Å². The first-order valence-electron chi connectivity index (χ1n) is 10.5. The highest BCUT2D eigenvalue weighted by Gasteiger charge is 2.18. The third kappa shape index (κ3) is 3.27. The van der Waals surface area contributed by atoms with E-state index in [4.69, 9.17) is 14.9 Å². The number of nitrogens with two attached hydrogens (primary N) is 1. The van der Waals surface area contributed by atoms with Crippen LogP contribution < -0.4 is 16.0 Å². The lowest BCUT2D eigenvalue weighted by atomic mass is 9.92. The number of oxazole rings is 1. The molecule has 0 amide bonds. The highest BCUT2D eigenvalue weighted by atomic mass is 16.5. The predicted octanol–water partition coefficient (Wildman–Crippen LogP) is 4.28. The molecule has 0 radical (unpaired) electrons. The van der Waals surface area contributed by atoms with E-state index in [0.717, 1.165) is 33.2 Å². The van der Waals surface area contributed by atoms with Crippen LogP contribution in [0.2, 0.25) is 0 Å². The molecular formula is C25H18N6O3. The molecule has 0 saturated heterocycles. The zero-order valence-electron chi connectivity index (χ0n) is 17.8. The Kier molecular flexibility index (Phi) is 4.58. The summed E-state index contributed by atoms with van der Waals surface area (Å²) in [6.45, 7) is 0.199. The van der Waals surface area contributed by atoms with Crippen molar-refractivity contribution in [2.24, 2.45) is 0 Å². The van der Waals surface area contributed by atoms with E-state index in [1.165, 1.54) is 12.6 Å². The minimum Gasteiger partial charge on any atom is -0.484 e. The summed E-state index contributed by atoms with van der Waals surface area (Å²) in [5.41, 5.74) is 11.2. The van der Waals surface area contributed by atoms with E-state index in [-0.39, 0.29) is 12.2 Å². The molecule has 9 heteroatoms. The Hall–Kier alpha value is -4.92. The van der Waals surface area contributed by atoms with Crippen LogP contribution >= 0.6 is 0 Å². The smallest absolute Gasteiger partial charge is 0.260 e. The van der Waals surface area contributed by atoms with Crippen LogP contribution in [0, 0.1) is 0 Å². The number of rotatable bonds is 5. The number of nitrogen functional groups attached to an aromatic ring is 1. The van der Waals surface area contributed by atoms with Crippen molar-refractivity contribution < 1.29 is 9.15 Å². The lowest BCUT2D eigenvalue weighted by molar-refractivity contribution is 0.263. The van der Waals surface area contributed by atoms with E-state index in [0.29, 0.717) is 28.2 Å². The van der Waals surface area contributed by atoms with Crippen molar-refractivity contribution in [2.45, 2.75) is 6.61 Å². The fraction of sp³-hybridized carbons (Fsp3) is 0.0400. The highest BCUT2D eigenvalue weighted by molar-refractivity contribution is 6.09. The highest BCUT2D eigenvalue weighted by Crippen LogP contribution is 2.40. The van der Waals surface area contributed by atoms with Gasteiger partial charge in [0, 0.05) is 16.5 Å². The van der Waals surface area contributed by atoms with Gasteiger partial charge >= 0.3 is 0 Å². The number of benzene rings is 3. The number of fused-ring (bicyclic) bond motifs is 2. The Balaban J connectivity index is 1.55. The summed E-state index contributed by atoms with van der Waals surface area (Å²) in [4.78, 5) is 24.0. The van der Waals surface area contributed by atoms with Gasteiger partial charge in [0.1, 0.15) is 12.0 Å². The maximum atomic E-state index is 12.8. The topological polar surface area (TPSA) is 136 Å². The molecule has 34 heavy (non-hydrogen) atoms. The predicted molar refractivity (Wildman–Crippen MR) is 128 cm³/mol. The molecule has 0 bridgehead atoms. The average Bonchev–Trinajstić information content (AvgIpc) is 3.55. The van der Waals surface area contributed by atoms with Crippen molar-refractivity contribution in [2.75, 3.05) is 5.73 Å². The van der Waals surface area contributed by atoms with Crippen LogP contribution in [0.15, 0.2) is 82.7 Å². The minimum absolute atomic E-state index is 0.199. The third-order valence-corrected chi connectivity index (χ3v) is 5.72. The zero-order chi connectivity index (χ0) is 23.1. The molecule has 6 rings (SSSR count). The maximum Gasteiger partial charge on any atom is 0.260 e. The van der Waals surface area contributed by atoms with Gasteiger partial charge in [0.25, 0.3) is 5.56 Å². The van der Waals surface area contributed by atoms with Crippen molar-refractivity contribution in [3.05, 3.63) is 89.8 Å². The van der Waals surface area contributed by atoms with E-state index >= 15 is 0 Å². The molecule has 0 aliphatic heterocycles. The molecule has 0 aliphatic carbocycles. The summed E-state index contributed by atoms with van der Waals surface area (Å²) >= 11 is 0. The average molecular weight is 450 g/mol. The normalized spacial score (nSPS) is 11.3. The SMILES string of the molecule is Nc1c(-c2cccc3[nH]ncc23)cc(-c2cccc(OCc3ncco3)c2)c2nc[nH]c(=O)c12. The number of aromatic nitrogens is 5. The van der Waals surface area contributed by atoms with Crippen molar-refractivity contribution in [3.8, 4) is 28.0 Å². The summed E-state index contributed by atoms with van der Waals surface area (Å²) in [5.74, 6) is 1.11. The number of H-pyrrole nitrogens is 2. The first-order chi connectivity index (χ1) is 16.7. The molecule has 0 fully saturated rings. The van der Waals surface area contributed by atoms with Gasteiger partial charge in [-0.3, -0.25) is 9.89 Å². The number of hydrogen-bond acceptors (Lipinski definition) is 7. The van der Waals surface area contributed by atoms with Crippen LogP contribution in [0.25, 0.3) is 44.1 Å². The Morgan fingerprint density at radius 3 is 2.82 bits per heavy atom. The molecular weight excluding hydrogens is 432 g/mol. The first-order valence-corrected chi connectivity index (χ1v) is 10.5. The molecule has 3 aromatic heterocycles. The fourth-order valence-electron chi connectivity index (χ4n) is 4.15. The van der Waals surface area contributed by atoms with Gasteiger partial charge in [-0.15, -0.1) is 0 Å². The Morgan fingerprint density at radius 1 is 1.03 bits per heavy atom. The maximum absolute atomic E-state index is 12.8. The van der Waals surface area contributed by atoms with Gasteiger partial charge in [0.15, 0.2) is 6.61 Å². The lowest BCUT2D eigenvalue weighted by Gasteiger charge is -2.15. The minimum atomic E-state index is -0.304. The summed E-state index contributed by atoms with van der Waals surface area (Å²) < 4.78 is 11.1. The summed E-state index contributed by atoms with van der Waals surface area (Å²) in [6.07, 6.45) is 6.20. The molecule has 3 aromatic carbocycles. The van der Waals surface area contributed by atoms with E-state index in [1.807, 2.05) is 48.5 Å². The quantitative estimate of drug-likeness (QED) is 0.334. The van der Waals surface area contributed by atoms with Gasteiger partial charge in [0.2, 0.25) is 5.89 Å². The van der Waals surface area contributed by atoms with Gasteiger partial charge in [0.05, 0.1) is 40.8 Å². The van der Waals surface area contributed by atoms with Crippen LogP contribution in [-0.2, 0) is 6.61 Å². The van der Waals surface area contributed by atoms with E-state index < -0.39 is 0 Å². The molecule has 4 N–H and O–H groups in total. The van der Waals surface area contributed by atoms with Gasteiger partial charge in [-0.25, -0.2) is 9.97 Å². The number of anilines is 1. The summed E-state index contributed by atoms with van der Waals surface area (Å²) in [7, 11) is 0. The second kappa shape index (κ2) is 7.89. The lowest BCUT2D eigenvalue weighted by Crippen LogP contribution is -2.10. The monoisotopic (exact) mass is 450 g/mol. The molecule has 6 aromatic rings. The van der Waals surface area contributed by atoms with Crippen molar-refractivity contribution in [3.63, 3.8) is 0 Å². The van der Waals surface area contributed by atoms with Crippen LogP contribution in [0.3, 0.4) is 0 Å². The van der Waals surface area contributed by atoms with Gasteiger partial charge in [-0.1, -0.05) is 24.3 Å². The Labute approximate surface area is 192 Å². The Morgan fingerprint density at radius 2 is 1.94 bits per heavy atom. The molecule has 0 aliphatic rings. The fourth-order valence-corrected chi connectivity index (χ4v) is 4.15. The van der Waals surface area contributed by atoms with Gasteiger partial charge in [-0.2, -0.15) is 5.10 Å². The number of aromatic amines is 2. The van der Waals surface area contributed by atoms with Crippen molar-refractivity contribution in [1.82, 2.24) is 25.1 Å². The molecule has 3 heterocycles. The molecule has 0 unspecified atom stereocenters. The third-order valence-electron chi connectivity index (χ3n) is 5.72. The molecule has 0 atom stereocenters. The van der Waals surface area contributed by atoms with Crippen LogP contribution in [0.4, 0.5) is 5.69 Å². The largest absolute Gasteiger partial charge is 0.484 e. The first kappa shape index (κ1) is 19.7. The number of nitrogens with zero attached hydrogens (tertiary/aromatic N) is 3. The van der Waals surface area contributed by atoms with E-state index in [2.05, 4.69) is 25.1 Å². The van der Waals surface area contributed by atoms with Crippen molar-refractivity contribution in [1.29, 1.82) is 0 Å². The van der Waals surface area contributed by atoms with E-state index in [1.54, 1.807) is 12.4 Å². The van der Waals surface area contributed by atoms with Crippen molar-refractivity contribution >= 4 is 27.5 Å². The molecule has 0 spiro atoms. The van der Waals surface area contributed by atoms with Crippen LogP contribution in [0.5, 0.6) is 5.75 Å².